The number of halogens is 1. The maximum atomic E-state index is 11.0. The Morgan fingerprint density at radius 2 is 2.08 bits per heavy atom. The van der Waals surface area contributed by atoms with E-state index in [1.54, 1.807) is 11.8 Å². The molecule has 0 fully saturated rings. The first-order chi connectivity index (χ1) is 11.5. The predicted octanol–water partition coefficient (Wildman–Crippen LogP) is 3.84. The molecule has 0 unspecified atom stereocenters. The summed E-state index contributed by atoms with van der Waals surface area (Å²) >= 11 is 8.87. The van der Waals surface area contributed by atoms with Crippen LogP contribution in [0.2, 0.25) is 5.02 Å². The van der Waals surface area contributed by atoms with Crippen LogP contribution in [-0.2, 0) is 17.6 Å². The molecule has 0 saturated carbocycles. The Balaban J connectivity index is 1.69. The van der Waals surface area contributed by atoms with Crippen LogP contribution in [0.15, 0.2) is 34.8 Å². The number of carbonyl (C=O) groups excluding carboxylic acids is 1. The summed E-state index contributed by atoms with van der Waals surface area (Å²) < 4.78 is 1.94. The Morgan fingerprint density at radius 1 is 1.33 bits per heavy atom. The van der Waals surface area contributed by atoms with Gasteiger partial charge in [0.05, 0.1) is 5.69 Å². The first kappa shape index (κ1) is 16.9. The molecule has 0 aliphatic heterocycles. The van der Waals surface area contributed by atoms with Gasteiger partial charge in [0, 0.05) is 35.7 Å². The average molecular weight is 380 g/mol. The van der Waals surface area contributed by atoms with Crippen LogP contribution in [0.3, 0.4) is 0 Å². The second-order valence-corrected chi connectivity index (χ2v) is 7.22. The summed E-state index contributed by atoms with van der Waals surface area (Å²) in [5.74, 6) is 1.32. The lowest BCUT2D eigenvalue weighted by atomic mass is 10.2. The molecule has 0 radical (unpaired) electrons. The molecule has 124 valence electrons. The van der Waals surface area contributed by atoms with Crippen LogP contribution in [0.1, 0.15) is 12.6 Å². The Bertz CT molecular complexity index is 859. The van der Waals surface area contributed by atoms with Crippen molar-refractivity contribution in [1.82, 2.24) is 19.7 Å². The van der Waals surface area contributed by atoms with Crippen molar-refractivity contribution in [3.8, 4) is 11.4 Å². The van der Waals surface area contributed by atoms with Crippen LogP contribution in [-0.4, -0.2) is 25.7 Å². The summed E-state index contributed by atoms with van der Waals surface area (Å²) in [5, 5.41) is 15.2. The minimum Gasteiger partial charge on any atom is -0.305 e. The van der Waals surface area contributed by atoms with Gasteiger partial charge in [0.2, 0.25) is 5.91 Å². The van der Waals surface area contributed by atoms with Gasteiger partial charge in [0.1, 0.15) is 0 Å². The lowest BCUT2D eigenvalue weighted by molar-refractivity contribution is -0.114. The minimum absolute atomic E-state index is 0.121. The normalized spacial score (nSPS) is 10.8. The smallest absolute Gasteiger partial charge is 0.223 e. The van der Waals surface area contributed by atoms with E-state index >= 15 is 0 Å². The third kappa shape index (κ3) is 3.95. The van der Waals surface area contributed by atoms with E-state index in [1.807, 2.05) is 41.3 Å². The van der Waals surface area contributed by atoms with E-state index in [2.05, 4.69) is 20.5 Å². The van der Waals surface area contributed by atoms with Gasteiger partial charge in [-0.1, -0.05) is 23.4 Å². The van der Waals surface area contributed by atoms with Crippen molar-refractivity contribution >= 4 is 45.7 Å². The van der Waals surface area contributed by atoms with Gasteiger partial charge in [-0.05, 0) is 24.3 Å². The van der Waals surface area contributed by atoms with Crippen LogP contribution < -0.4 is 5.32 Å². The third-order valence-electron chi connectivity index (χ3n) is 3.12. The number of benzene rings is 1. The zero-order chi connectivity index (χ0) is 17.1. The highest BCUT2D eigenvalue weighted by molar-refractivity contribution is 7.98. The monoisotopic (exact) mass is 379 g/mol. The predicted molar refractivity (Wildman–Crippen MR) is 97.4 cm³/mol. The molecule has 1 N–H and O–H groups in total. The Labute approximate surface area is 152 Å². The van der Waals surface area contributed by atoms with E-state index < -0.39 is 0 Å². The van der Waals surface area contributed by atoms with E-state index in [1.165, 1.54) is 18.3 Å². The summed E-state index contributed by atoms with van der Waals surface area (Å²) in [6, 6.07) is 7.50. The zero-order valence-corrected chi connectivity index (χ0v) is 15.4. The van der Waals surface area contributed by atoms with E-state index in [-0.39, 0.29) is 5.91 Å². The maximum Gasteiger partial charge on any atom is 0.223 e. The van der Waals surface area contributed by atoms with Crippen molar-refractivity contribution in [3.05, 3.63) is 40.4 Å². The average Bonchev–Trinajstić information content (AvgIpc) is 3.12. The molecule has 0 atom stereocenters. The van der Waals surface area contributed by atoms with Gasteiger partial charge in [-0.3, -0.25) is 4.79 Å². The number of rotatable bonds is 5. The van der Waals surface area contributed by atoms with Crippen molar-refractivity contribution in [3.63, 3.8) is 0 Å². The van der Waals surface area contributed by atoms with Crippen LogP contribution >= 0.6 is 34.7 Å². The summed E-state index contributed by atoms with van der Waals surface area (Å²) in [6.07, 6.45) is 0. The van der Waals surface area contributed by atoms with E-state index in [4.69, 9.17) is 11.6 Å². The molecule has 1 amide bonds. The summed E-state index contributed by atoms with van der Waals surface area (Å²) in [5.41, 5.74) is 1.85. The molecule has 24 heavy (non-hydrogen) atoms. The molecule has 2 aromatic heterocycles. The molecule has 6 nitrogen and oxygen atoms in total. The highest BCUT2D eigenvalue weighted by atomic mass is 35.5. The molecule has 0 aliphatic carbocycles. The maximum absolute atomic E-state index is 11.0. The Morgan fingerprint density at radius 3 is 2.79 bits per heavy atom. The molecule has 9 heteroatoms. The third-order valence-corrected chi connectivity index (χ3v) is 5.23. The van der Waals surface area contributed by atoms with Gasteiger partial charge in [-0.15, -0.1) is 21.5 Å². The first-order valence-corrected chi connectivity index (χ1v) is 9.27. The lowest BCUT2D eigenvalue weighted by Crippen LogP contribution is -2.05. The number of thioether (sulfide) groups is 1. The number of aromatic nitrogens is 4. The molecule has 2 heterocycles. The molecule has 0 saturated heterocycles. The Kier molecular flexibility index (Phi) is 5.17. The first-order valence-electron chi connectivity index (χ1n) is 7.03. The van der Waals surface area contributed by atoms with Gasteiger partial charge in [0.25, 0.3) is 0 Å². The number of anilines is 1. The molecule has 0 spiro atoms. The van der Waals surface area contributed by atoms with E-state index in [9.17, 15) is 4.79 Å². The highest BCUT2D eigenvalue weighted by Gasteiger charge is 2.12. The van der Waals surface area contributed by atoms with Crippen molar-refractivity contribution < 1.29 is 4.79 Å². The molecule has 3 rings (SSSR count). The van der Waals surface area contributed by atoms with Crippen molar-refractivity contribution in [2.75, 3.05) is 5.32 Å². The largest absolute Gasteiger partial charge is 0.305 e. The highest BCUT2D eigenvalue weighted by Crippen LogP contribution is 2.27. The Hall–Kier alpha value is -1.90. The van der Waals surface area contributed by atoms with E-state index in [0.717, 1.165) is 22.2 Å². The number of amides is 1. The van der Waals surface area contributed by atoms with Crippen LogP contribution in [0, 0.1) is 0 Å². The number of hydrogen-bond donors (Lipinski definition) is 1. The van der Waals surface area contributed by atoms with Gasteiger partial charge in [-0.25, -0.2) is 4.98 Å². The number of carbonyl (C=O) groups is 1. The topological polar surface area (TPSA) is 72.7 Å². The second-order valence-electron chi connectivity index (χ2n) is 4.99. The molecular weight excluding hydrogens is 366 g/mol. The fourth-order valence-corrected chi connectivity index (χ4v) is 3.80. The molecular formula is C15H14ClN5OS2. The quantitative estimate of drug-likeness (QED) is 0.682. The van der Waals surface area contributed by atoms with Gasteiger partial charge >= 0.3 is 0 Å². The minimum atomic E-state index is -0.121. The van der Waals surface area contributed by atoms with Crippen LogP contribution in [0.4, 0.5) is 5.13 Å². The molecule has 0 bridgehead atoms. The SMILES string of the molecule is CC(=O)Nc1nc(CSc2nnc(-c3ccc(Cl)cc3)n2C)cs1. The summed E-state index contributed by atoms with van der Waals surface area (Å²) in [7, 11) is 1.93. The lowest BCUT2D eigenvalue weighted by Gasteiger charge is -2.03. The van der Waals surface area contributed by atoms with Crippen molar-refractivity contribution in [2.45, 2.75) is 17.8 Å². The summed E-state index contributed by atoms with van der Waals surface area (Å²) in [4.78, 5) is 15.4. The molecule has 1 aromatic carbocycles. The molecule has 3 aromatic rings. The fraction of sp³-hybridized carbons (Fsp3) is 0.200. The fourth-order valence-electron chi connectivity index (χ4n) is 2.01. The molecule has 0 aliphatic rings. The number of hydrogen-bond acceptors (Lipinski definition) is 6. The van der Waals surface area contributed by atoms with Crippen molar-refractivity contribution in [2.24, 2.45) is 7.05 Å². The van der Waals surface area contributed by atoms with Gasteiger partial charge in [0.15, 0.2) is 16.1 Å². The van der Waals surface area contributed by atoms with E-state index in [0.29, 0.717) is 15.9 Å². The number of nitrogens with zero attached hydrogens (tertiary/aromatic N) is 4. The zero-order valence-electron chi connectivity index (χ0n) is 13.0. The standard InChI is InChI=1S/C15H14ClN5OS2/c1-9(22)17-14-18-12(7-23-14)8-24-15-20-19-13(21(15)2)10-3-5-11(16)6-4-10/h3-7H,8H2,1-2H3,(H,17,18,22). The van der Waals surface area contributed by atoms with Gasteiger partial charge in [-0.2, -0.15) is 0 Å². The van der Waals surface area contributed by atoms with Crippen molar-refractivity contribution in [1.29, 1.82) is 0 Å². The number of thiazole rings is 1. The van der Waals surface area contributed by atoms with Crippen LogP contribution in [0.25, 0.3) is 11.4 Å². The second kappa shape index (κ2) is 7.33. The number of nitrogens with one attached hydrogen (secondary N) is 1. The summed E-state index contributed by atoms with van der Waals surface area (Å²) in [6.45, 7) is 1.47. The van der Waals surface area contributed by atoms with Crippen LogP contribution in [0.5, 0.6) is 0 Å². The van der Waals surface area contributed by atoms with Gasteiger partial charge < -0.3 is 9.88 Å².